The second kappa shape index (κ2) is 14.6. The van der Waals surface area contributed by atoms with Crippen molar-refractivity contribution in [2.24, 2.45) is 5.41 Å². The van der Waals surface area contributed by atoms with E-state index in [1.54, 1.807) is 62.3 Å². The van der Waals surface area contributed by atoms with Crippen LogP contribution in [0.5, 0.6) is 0 Å². The fourth-order valence-electron chi connectivity index (χ4n) is 1.91. The summed E-state index contributed by atoms with van der Waals surface area (Å²) in [6, 6.07) is 0. The highest BCUT2D eigenvalue weighted by Crippen LogP contribution is 2.71. The molecule has 0 fully saturated rings. The molecule has 0 spiro atoms. The molecule has 13 nitrogen and oxygen atoms in total. The first-order valence-corrected chi connectivity index (χ1v) is 17.6. The van der Waals surface area contributed by atoms with Crippen LogP contribution in [0.15, 0.2) is 0 Å². The van der Waals surface area contributed by atoms with Gasteiger partial charge < -0.3 is 4.52 Å². The summed E-state index contributed by atoms with van der Waals surface area (Å²) in [4.78, 5) is 0. The number of hydrogen-bond donors (Lipinski definition) is 0. The van der Waals surface area contributed by atoms with Crippen LogP contribution < -0.4 is 0 Å². The minimum Gasteiger partial charge on any atom is -0.311 e. The Labute approximate surface area is 229 Å². The highest BCUT2D eigenvalue weighted by Gasteiger charge is 2.47. The number of phosphoric ester groups is 3. The topological polar surface area (TPSA) is 151 Å². The van der Waals surface area contributed by atoms with Gasteiger partial charge in [-0.2, -0.15) is 4.31 Å². The van der Waals surface area contributed by atoms with Gasteiger partial charge in [-0.3, -0.25) is 31.7 Å². The third kappa shape index (κ3) is 16.7. The van der Waals surface area contributed by atoms with Gasteiger partial charge >= 0.3 is 31.1 Å². The average Bonchev–Trinajstić information content (AvgIpc) is 2.68. The fraction of sp³-hybridized carbons (Fsp3) is 1.00. The van der Waals surface area contributed by atoms with Gasteiger partial charge in [0.1, 0.15) is 0 Å². The molecule has 0 aromatic rings. The van der Waals surface area contributed by atoms with Gasteiger partial charge in [-0.1, -0.05) is 20.8 Å². The Balaban J connectivity index is 0. The molecule has 4 atom stereocenters. The Morgan fingerprint density at radius 2 is 0.842 bits per heavy atom. The van der Waals surface area contributed by atoms with Crippen LogP contribution in [0.4, 0.5) is 0 Å². The summed E-state index contributed by atoms with van der Waals surface area (Å²) >= 11 is 0. The molecule has 4 unspecified atom stereocenters. The van der Waals surface area contributed by atoms with E-state index in [0.717, 1.165) is 14.2 Å². The highest BCUT2D eigenvalue weighted by molar-refractivity contribution is 7.66. The van der Waals surface area contributed by atoms with Gasteiger partial charge in [-0.25, -0.2) is 18.0 Å². The molecular weight excluding hydrogens is 584 g/mol. The molecule has 0 aliphatic carbocycles. The largest absolute Gasteiger partial charge is 0.483 e. The van der Waals surface area contributed by atoms with E-state index in [2.05, 4.69) is 0 Å². The molecule has 0 amide bonds. The van der Waals surface area contributed by atoms with Crippen LogP contribution >= 0.6 is 31.1 Å². The molecule has 0 radical (unpaired) electrons. The summed E-state index contributed by atoms with van der Waals surface area (Å²) in [5, 5.41) is -0.836. The summed E-state index contributed by atoms with van der Waals surface area (Å²) in [6.45, 7) is 20.8. The van der Waals surface area contributed by atoms with E-state index in [1.165, 1.54) is 14.2 Å². The van der Waals surface area contributed by atoms with Crippen LogP contribution in [0.25, 0.3) is 0 Å². The molecule has 0 saturated heterocycles. The van der Waals surface area contributed by atoms with Gasteiger partial charge in [0.2, 0.25) is 0 Å². The van der Waals surface area contributed by atoms with Crippen molar-refractivity contribution in [3.05, 3.63) is 0 Å². The second-order valence-electron chi connectivity index (χ2n) is 12.1. The first kappa shape index (κ1) is 40.7. The minimum atomic E-state index is -4.05. The molecule has 0 aromatic carbocycles. The van der Waals surface area contributed by atoms with Crippen LogP contribution in [0.3, 0.4) is 0 Å². The predicted octanol–water partition coefficient (Wildman–Crippen LogP) is 8.60. The molecule has 38 heavy (non-hydrogen) atoms. The van der Waals surface area contributed by atoms with Crippen molar-refractivity contribution >= 4 is 31.1 Å². The van der Waals surface area contributed by atoms with Gasteiger partial charge in [-0.15, -0.1) is 0 Å². The molecule has 0 aliphatic heterocycles. The lowest BCUT2D eigenvalue weighted by Gasteiger charge is -2.32. The summed E-state index contributed by atoms with van der Waals surface area (Å²) in [7, 11) is -11.0. The van der Waals surface area contributed by atoms with E-state index >= 15 is 0 Å². The van der Waals surface area contributed by atoms with Gasteiger partial charge in [0.05, 0.1) is 23.0 Å². The third-order valence-electron chi connectivity index (χ3n) is 3.57. The van der Waals surface area contributed by atoms with Crippen LogP contribution in [0.1, 0.15) is 83.1 Å². The maximum Gasteiger partial charge on any atom is 0.483 e. The van der Waals surface area contributed by atoms with E-state index in [-0.39, 0.29) is 12.0 Å². The lowest BCUT2D eigenvalue weighted by atomic mass is 9.99. The van der Waals surface area contributed by atoms with E-state index < -0.39 is 47.4 Å². The zero-order valence-electron chi connectivity index (χ0n) is 25.8. The maximum absolute atomic E-state index is 12.5. The van der Waals surface area contributed by atoms with Crippen molar-refractivity contribution in [2.45, 2.75) is 99.4 Å². The Morgan fingerprint density at radius 3 is 1.08 bits per heavy atom. The zero-order chi connectivity index (χ0) is 31.1. The first-order chi connectivity index (χ1) is 16.5. The molecule has 0 rings (SSSR count). The van der Waals surface area contributed by atoms with Crippen molar-refractivity contribution in [1.29, 1.82) is 0 Å². The second-order valence-corrected chi connectivity index (χ2v) is 20.6. The molecule has 17 heteroatoms. The van der Waals surface area contributed by atoms with Crippen LogP contribution in [-0.2, 0) is 58.5 Å². The smallest absolute Gasteiger partial charge is 0.311 e. The maximum atomic E-state index is 12.5. The van der Waals surface area contributed by atoms with Crippen LogP contribution in [0, 0.1) is 5.41 Å². The van der Waals surface area contributed by atoms with Crippen molar-refractivity contribution in [3.63, 3.8) is 0 Å². The molecule has 0 aliphatic rings. The van der Waals surface area contributed by atoms with E-state index in [0.29, 0.717) is 0 Å². The van der Waals surface area contributed by atoms with Gasteiger partial charge in [0.15, 0.2) is 0 Å². The number of hydrogen-bond acceptors (Lipinski definition) is 13. The van der Waals surface area contributed by atoms with E-state index in [4.69, 9.17) is 40.3 Å². The zero-order valence-corrected chi connectivity index (χ0v) is 29.4. The molecular formula is C21H50O13P4. The lowest BCUT2D eigenvalue weighted by Crippen LogP contribution is -2.22. The number of rotatable bonds is 12. The van der Waals surface area contributed by atoms with Gasteiger partial charge in [0.25, 0.3) is 0 Å². The van der Waals surface area contributed by atoms with Crippen molar-refractivity contribution < 1.29 is 58.5 Å². The molecule has 0 N–H and O–H groups in total. The normalized spacial score (nSPS) is 19.8. The fourth-order valence-corrected chi connectivity index (χ4v) is 9.14. The average molecular weight is 635 g/mol. The van der Waals surface area contributed by atoms with Crippen LogP contribution in [-0.4, -0.2) is 51.4 Å². The summed E-state index contributed by atoms with van der Waals surface area (Å²) in [6.07, 6.45) is 0. The first-order valence-electron chi connectivity index (χ1n) is 11.6. The Hall–Kier alpha value is 0.560. The monoisotopic (exact) mass is 634 g/mol. The van der Waals surface area contributed by atoms with Gasteiger partial charge in [-0.05, 0) is 67.7 Å². The summed E-state index contributed by atoms with van der Waals surface area (Å²) in [5.41, 5.74) is -1.84. The molecule has 0 bridgehead atoms. The summed E-state index contributed by atoms with van der Waals surface area (Å²) < 4.78 is 94.1. The Bertz CT molecular complexity index is 908. The predicted molar refractivity (Wildman–Crippen MR) is 147 cm³/mol. The SMILES string of the molecule is COP(=O)(OC(C)(C)C)OP(=O)(OC)C(C)(C)C.COP(=O)(OCC(C)(C)C)OP(=O)(OC)OC(C)(C)C. The lowest BCUT2D eigenvalue weighted by molar-refractivity contribution is 0.0585. The molecule has 0 saturated carbocycles. The number of phosphoric acid groups is 3. The van der Waals surface area contributed by atoms with Crippen molar-refractivity contribution in [3.8, 4) is 0 Å². The minimum absolute atomic E-state index is 0.0946. The highest BCUT2D eigenvalue weighted by atomic mass is 31.3. The molecule has 0 heterocycles. The van der Waals surface area contributed by atoms with Crippen molar-refractivity contribution in [2.75, 3.05) is 35.0 Å². The third-order valence-corrected chi connectivity index (χ3v) is 12.3. The van der Waals surface area contributed by atoms with E-state index in [9.17, 15) is 18.3 Å². The Kier molecular flexibility index (Phi) is 15.7. The van der Waals surface area contributed by atoms with Crippen molar-refractivity contribution in [1.82, 2.24) is 0 Å². The Morgan fingerprint density at radius 1 is 0.500 bits per heavy atom. The van der Waals surface area contributed by atoms with Gasteiger partial charge in [0, 0.05) is 28.4 Å². The standard InChI is InChI=1S/C11H26O7P2.C10H24O6P2/c1-10(2,3)9-16-19(12,14-7)18-20(13,15-8)17-11(4,5)6;1-9(2,3)15-18(12,14-8)16-17(11,13-7)10(4,5)6/h9H2,1-8H3;1-8H3. The molecule has 232 valence electrons. The summed E-state index contributed by atoms with van der Waals surface area (Å²) in [5.74, 6) is 0. The quantitative estimate of drug-likeness (QED) is 0.189. The molecule has 0 aromatic heterocycles. The van der Waals surface area contributed by atoms with Crippen LogP contribution in [0.2, 0.25) is 0 Å². The van der Waals surface area contributed by atoms with E-state index in [1.807, 2.05) is 20.8 Å².